The normalized spacial score (nSPS) is 12.1. The summed E-state index contributed by atoms with van der Waals surface area (Å²) in [6.07, 6.45) is 0. The van der Waals surface area contributed by atoms with Crippen molar-refractivity contribution in [2.75, 3.05) is 6.54 Å². The summed E-state index contributed by atoms with van der Waals surface area (Å²) in [7, 11) is 0. The molecular weight excluding hydrogens is 214 g/mol. The van der Waals surface area contributed by atoms with E-state index in [1.807, 2.05) is 6.07 Å². The largest absolute Gasteiger partial charge is 0.312 e. The molecule has 96 valence electrons. The molecule has 1 rings (SSSR count). The number of nitrogens with zero attached hydrogens (tertiary/aromatic N) is 1. The Hall–Kier alpha value is -1.16. The Bertz CT molecular complexity index is 415. The standard InChI is InChI=1S/C13H23N3O/c1-9(2)7-14-8-10-6-11(13(3,4)5)15-16-12(10)17/h6,9,14H,7-8H2,1-5H3,(H,16,17). The SMILES string of the molecule is CC(C)CNCc1cc(C(C)(C)C)n[nH]c1=O. The lowest BCUT2D eigenvalue weighted by atomic mass is 9.91. The Morgan fingerprint density at radius 3 is 2.59 bits per heavy atom. The van der Waals surface area contributed by atoms with Gasteiger partial charge in [0.25, 0.3) is 5.56 Å². The van der Waals surface area contributed by atoms with Crippen molar-refractivity contribution in [3.63, 3.8) is 0 Å². The summed E-state index contributed by atoms with van der Waals surface area (Å²) in [4.78, 5) is 11.6. The first kappa shape index (κ1) is 13.9. The molecule has 4 nitrogen and oxygen atoms in total. The van der Waals surface area contributed by atoms with E-state index in [2.05, 4.69) is 50.1 Å². The monoisotopic (exact) mass is 237 g/mol. The van der Waals surface area contributed by atoms with Gasteiger partial charge in [-0.3, -0.25) is 4.79 Å². The number of hydrogen-bond donors (Lipinski definition) is 2. The number of aromatic nitrogens is 2. The first-order valence-corrected chi connectivity index (χ1v) is 6.10. The lowest BCUT2D eigenvalue weighted by Gasteiger charge is -2.17. The summed E-state index contributed by atoms with van der Waals surface area (Å²) in [6.45, 7) is 12.0. The quantitative estimate of drug-likeness (QED) is 0.839. The molecule has 17 heavy (non-hydrogen) atoms. The molecular formula is C13H23N3O. The van der Waals surface area contributed by atoms with Gasteiger partial charge < -0.3 is 5.32 Å². The summed E-state index contributed by atoms with van der Waals surface area (Å²) in [5.41, 5.74) is 1.52. The molecule has 0 aliphatic carbocycles. The van der Waals surface area contributed by atoms with Crippen LogP contribution >= 0.6 is 0 Å². The van der Waals surface area contributed by atoms with Crippen molar-refractivity contribution in [3.05, 3.63) is 27.7 Å². The van der Waals surface area contributed by atoms with E-state index in [1.54, 1.807) is 0 Å². The van der Waals surface area contributed by atoms with Gasteiger partial charge in [0.15, 0.2) is 0 Å². The minimum Gasteiger partial charge on any atom is -0.312 e. The zero-order valence-electron chi connectivity index (χ0n) is 11.4. The van der Waals surface area contributed by atoms with Crippen molar-refractivity contribution in [3.8, 4) is 0 Å². The van der Waals surface area contributed by atoms with Gasteiger partial charge in [-0.2, -0.15) is 5.10 Å². The molecule has 0 radical (unpaired) electrons. The van der Waals surface area contributed by atoms with E-state index < -0.39 is 0 Å². The van der Waals surface area contributed by atoms with E-state index in [-0.39, 0.29) is 11.0 Å². The minimum atomic E-state index is -0.103. The summed E-state index contributed by atoms with van der Waals surface area (Å²) in [6, 6.07) is 1.90. The van der Waals surface area contributed by atoms with Crippen LogP contribution in [0.2, 0.25) is 0 Å². The van der Waals surface area contributed by atoms with Gasteiger partial charge >= 0.3 is 0 Å². The summed E-state index contributed by atoms with van der Waals surface area (Å²) < 4.78 is 0. The number of aromatic amines is 1. The molecule has 0 unspecified atom stereocenters. The maximum atomic E-state index is 11.6. The van der Waals surface area contributed by atoms with Gasteiger partial charge in [-0.05, 0) is 18.5 Å². The predicted octanol–water partition coefficient (Wildman–Crippen LogP) is 1.81. The van der Waals surface area contributed by atoms with Crippen LogP contribution in [0.5, 0.6) is 0 Å². The highest BCUT2D eigenvalue weighted by Crippen LogP contribution is 2.18. The third kappa shape index (κ3) is 4.30. The second-order valence-electron chi connectivity index (χ2n) is 5.88. The van der Waals surface area contributed by atoms with Crippen molar-refractivity contribution in [1.82, 2.24) is 15.5 Å². The molecule has 1 aromatic rings. The van der Waals surface area contributed by atoms with E-state index >= 15 is 0 Å². The molecule has 0 atom stereocenters. The molecule has 0 aliphatic heterocycles. The number of rotatable bonds is 4. The van der Waals surface area contributed by atoms with Gasteiger partial charge in [0, 0.05) is 17.5 Å². The Morgan fingerprint density at radius 2 is 2.06 bits per heavy atom. The predicted molar refractivity (Wildman–Crippen MR) is 70.1 cm³/mol. The third-order valence-electron chi connectivity index (χ3n) is 2.52. The lowest BCUT2D eigenvalue weighted by molar-refractivity contribution is 0.538. The fourth-order valence-electron chi connectivity index (χ4n) is 1.46. The molecule has 1 aromatic heterocycles. The average Bonchev–Trinajstić information content (AvgIpc) is 2.18. The van der Waals surface area contributed by atoms with E-state index in [9.17, 15) is 4.79 Å². The van der Waals surface area contributed by atoms with Crippen LogP contribution in [0.25, 0.3) is 0 Å². The fourth-order valence-corrected chi connectivity index (χ4v) is 1.46. The summed E-state index contributed by atoms with van der Waals surface area (Å²) in [5, 5.41) is 9.93. The van der Waals surface area contributed by atoms with E-state index in [1.165, 1.54) is 0 Å². The Balaban J connectivity index is 2.81. The summed E-state index contributed by atoms with van der Waals surface area (Å²) >= 11 is 0. The molecule has 2 N–H and O–H groups in total. The number of nitrogens with one attached hydrogen (secondary N) is 2. The molecule has 0 amide bonds. The van der Waals surface area contributed by atoms with Crippen LogP contribution < -0.4 is 10.9 Å². The Morgan fingerprint density at radius 1 is 1.41 bits per heavy atom. The van der Waals surface area contributed by atoms with Gasteiger partial charge in [0.2, 0.25) is 0 Å². The minimum absolute atomic E-state index is 0.0446. The topological polar surface area (TPSA) is 57.8 Å². The van der Waals surface area contributed by atoms with Crippen LogP contribution in [0.4, 0.5) is 0 Å². The highest BCUT2D eigenvalue weighted by atomic mass is 16.1. The molecule has 0 bridgehead atoms. The second-order valence-corrected chi connectivity index (χ2v) is 5.88. The molecule has 1 heterocycles. The van der Waals surface area contributed by atoms with Crippen molar-refractivity contribution in [1.29, 1.82) is 0 Å². The van der Waals surface area contributed by atoms with E-state index in [0.29, 0.717) is 12.5 Å². The first-order valence-electron chi connectivity index (χ1n) is 6.10. The van der Waals surface area contributed by atoms with Crippen molar-refractivity contribution in [2.45, 2.75) is 46.6 Å². The van der Waals surface area contributed by atoms with Crippen molar-refractivity contribution >= 4 is 0 Å². The number of hydrogen-bond acceptors (Lipinski definition) is 3. The smallest absolute Gasteiger partial charge is 0.268 e. The molecule has 0 spiro atoms. The second kappa shape index (κ2) is 5.45. The van der Waals surface area contributed by atoms with Gasteiger partial charge in [-0.15, -0.1) is 0 Å². The third-order valence-corrected chi connectivity index (χ3v) is 2.52. The van der Waals surface area contributed by atoms with Crippen molar-refractivity contribution < 1.29 is 0 Å². The van der Waals surface area contributed by atoms with Gasteiger partial charge in [-0.1, -0.05) is 34.6 Å². The van der Waals surface area contributed by atoms with Crippen LogP contribution in [0.3, 0.4) is 0 Å². The number of H-pyrrole nitrogens is 1. The van der Waals surface area contributed by atoms with Crippen LogP contribution in [0.1, 0.15) is 45.9 Å². The van der Waals surface area contributed by atoms with Crippen LogP contribution in [0, 0.1) is 5.92 Å². The van der Waals surface area contributed by atoms with Gasteiger partial charge in [-0.25, -0.2) is 5.10 Å². The van der Waals surface area contributed by atoms with E-state index in [0.717, 1.165) is 17.8 Å². The van der Waals surface area contributed by atoms with Crippen LogP contribution in [-0.2, 0) is 12.0 Å². The van der Waals surface area contributed by atoms with Gasteiger partial charge in [0.05, 0.1) is 5.69 Å². The molecule has 4 heteroatoms. The Labute approximate surface area is 103 Å². The Kier molecular flexibility index (Phi) is 4.46. The average molecular weight is 237 g/mol. The first-order chi connectivity index (χ1) is 7.80. The molecule has 0 saturated heterocycles. The fraction of sp³-hybridized carbons (Fsp3) is 0.692. The maximum Gasteiger partial charge on any atom is 0.268 e. The van der Waals surface area contributed by atoms with Gasteiger partial charge in [0.1, 0.15) is 0 Å². The van der Waals surface area contributed by atoms with Crippen LogP contribution in [-0.4, -0.2) is 16.7 Å². The van der Waals surface area contributed by atoms with Crippen LogP contribution in [0.15, 0.2) is 10.9 Å². The highest BCUT2D eigenvalue weighted by molar-refractivity contribution is 5.18. The molecule has 0 aromatic carbocycles. The van der Waals surface area contributed by atoms with E-state index in [4.69, 9.17) is 0 Å². The molecule has 0 aliphatic rings. The van der Waals surface area contributed by atoms with Crippen molar-refractivity contribution in [2.24, 2.45) is 5.92 Å². The summed E-state index contributed by atoms with van der Waals surface area (Å²) in [5.74, 6) is 0.581. The zero-order chi connectivity index (χ0) is 13.1. The zero-order valence-corrected chi connectivity index (χ0v) is 11.4. The lowest BCUT2D eigenvalue weighted by Crippen LogP contribution is -2.27. The highest BCUT2D eigenvalue weighted by Gasteiger charge is 2.17. The maximum absolute atomic E-state index is 11.6. The molecule has 0 fully saturated rings. The molecule has 0 saturated carbocycles.